The van der Waals surface area contributed by atoms with Crippen LogP contribution in [0.25, 0.3) is 0 Å². The van der Waals surface area contributed by atoms with Gasteiger partial charge in [0.1, 0.15) is 0 Å². The summed E-state index contributed by atoms with van der Waals surface area (Å²) in [5, 5.41) is 12.1. The van der Waals surface area contributed by atoms with Crippen LogP contribution in [0.3, 0.4) is 0 Å². The molecule has 0 saturated heterocycles. The summed E-state index contributed by atoms with van der Waals surface area (Å²) in [7, 11) is 0. The van der Waals surface area contributed by atoms with Crippen molar-refractivity contribution >= 4 is 11.4 Å². The maximum absolute atomic E-state index is 8.75. The Labute approximate surface area is 112 Å². The fraction of sp³-hybridized carbons (Fsp3) is 0.200. The predicted molar refractivity (Wildman–Crippen MR) is 76.5 cm³/mol. The van der Waals surface area contributed by atoms with E-state index >= 15 is 0 Å². The third-order valence-electron chi connectivity index (χ3n) is 3.03. The maximum atomic E-state index is 8.75. The second-order valence-electron chi connectivity index (χ2n) is 4.40. The second kappa shape index (κ2) is 5.87. The van der Waals surface area contributed by atoms with Crippen molar-refractivity contribution in [3.63, 3.8) is 0 Å². The van der Waals surface area contributed by atoms with E-state index in [1.807, 2.05) is 37.4 Å². The van der Waals surface area contributed by atoms with Gasteiger partial charge >= 0.3 is 0 Å². The number of anilines is 2. The van der Waals surface area contributed by atoms with E-state index in [4.69, 9.17) is 11.0 Å². The van der Waals surface area contributed by atoms with Gasteiger partial charge in [-0.15, -0.1) is 0 Å². The number of pyridine rings is 1. The van der Waals surface area contributed by atoms with Crippen LogP contribution in [0.1, 0.15) is 16.7 Å². The number of aryl methyl sites for hydroxylation is 1. The average Bonchev–Trinajstić information content (AvgIpc) is 2.41. The molecule has 0 aliphatic carbocycles. The second-order valence-corrected chi connectivity index (χ2v) is 4.40. The zero-order chi connectivity index (χ0) is 13.7. The molecule has 0 unspecified atom stereocenters. The van der Waals surface area contributed by atoms with Crippen molar-refractivity contribution in [1.29, 1.82) is 5.26 Å². The molecule has 2 rings (SSSR count). The molecule has 0 radical (unpaired) electrons. The minimum Gasteiger partial charge on any atom is -0.398 e. The highest BCUT2D eigenvalue weighted by Gasteiger charge is 2.02. The molecule has 0 fully saturated rings. The number of nitriles is 1. The number of hydrogen-bond donors (Lipinski definition) is 2. The summed E-state index contributed by atoms with van der Waals surface area (Å²) in [5.74, 6) is 0. The number of hydrogen-bond acceptors (Lipinski definition) is 4. The third kappa shape index (κ3) is 3.23. The fourth-order valence-electron chi connectivity index (χ4n) is 1.85. The molecule has 4 nitrogen and oxygen atoms in total. The molecule has 0 saturated carbocycles. The molecule has 1 aromatic carbocycles. The third-order valence-corrected chi connectivity index (χ3v) is 3.03. The number of benzene rings is 1. The summed E-state index contributed by atoms with van der Waals surface area (Å²) in [4.78, 5) is 4.07. The Morgan fingerprint density at radius 3 is 2.89 bits per heavy atom. The number of nitrogens with two attached hydrogens (primary N) is 1. The molecule has 96 valence electrons. The smallest absolute Gasteiger partial charge is 0.0670 e. The molecule has 0 atom stereocenters. The van der Waals surface area contributed by atoms with Gasteiger partial charge in [0.25, 0.3) is 0 Å². The topological polar surface area (TPSA) is 74.7 Å². The molecular formula is C15H16N4. The summed E-state index contributed by atoms with van der Waals surface area (Å²) in [6.45, 7) is 2.76. The van der Waals surface area contributed by atoms with Crippen LogP contribution in [-0.2, 0) is 13.0 Å². The fourth-order valence-corrected chi connectivity index (χ4v) is 1.85. The maximum Gasteiger partial charge on any atom is 0.0670 e. The monoisotopic (exact) mass is 252 g/mol. The van der Waals surface area contributed by atoms with Gasteiger partial charge in [-0.3, -0.25) is 4.98 Å². The van der Waals surface area contributed by atoms with Gasteiger partial charge in [-0.2, -0.15) is 5.26 Å². The predicted octanol–water partition coefficient (Wildman–Crippen LogP) is 2.65. The van der Waals surface area contributed by atoms with Gasteiger partial charge in [0.2, 0.25) is 0 Å². The van der Waals surface area contributed by atoms with Crippen LogP contribution in [0.15, 0.2) is 36.7 Å². The SMILES string of the molecule is Cc1cnccc1CNc1ccc(N)c(CC#N)c1. The largest absolute Gasteiger partial charge is 0.398 e. The molecule has 0 aliphatic heterocycles. The van der Waals surface area contributed by atoms with E-state index in [0.717, 1.165) is 23.4 Å². The van der Waals surface area contributed by atoms with Crippen LogP contribution < -0.4 is 11.1 Å². The lowest BCUT2D eigenvalue weighted by Gasteiger charge is -2.10. The van der Waals surface area contributed by atoms with Gasteiger partial charge in [0.15, 0.2) is 0 Å². The van der Waals surface area contributed by atoms with Gasteiger partial charge in [-0.1, -0.05) is 0 Å². The zero-order valence-corrected chi connectivity index (χ0v) is 10.9. The van der Waals surface area contributed by atoms with Gasteiger partial charge in [0.05, 0.1) is 12.5 Å². The molecule has 0 bridgehead atoms. The Bertz CT molecular complexity index is 614. The lowest BCUT2D eigenvalue weighted by Crippen LogP contribution is -2.03. The molecule has 3 N–H and O–H groups in total. The van der Waals surface area contributed by atoms with Crippen LogP contribution in [0, 0.1) is 18.3 Å². The number of nitrogens with zero attached hydrogens (tertiary/aromatic N) is 2. The summed E-state index contributed by atoms with van der Waals surface area (Å²) in [5.41, 5.74) is 10.7. The van der Waals surface area contributed by atoms with Crippen molar-refractivity contribution in [2.75, 3.05) is 11.1 Å². The van der Waals surface area contributed by atoms with Crippen LogP contribution in [0.2, 0.25) is 0 Å². The van der Waals surface area contributed by atoms with Crippen LogP contribution in [0.5, 0.6) is 0 Å². The molecule has 2 aromatic rings. The van der Waals surface area contributed by atoms with E-state index in [9.17, 15) is 0 Å². The van der Waals surface area contributed by atoms with Gasteiger partial charge in [-0.25, -0.2) is 0 Å². The Hall–Kier alpha value is -2.54. The van der Waals surface area contributed by atoms with Crippen LogP contribution in [-0.4, -0.2) is 4.98 Å². The molecule has 1 heterocycles. The van der Waals surface area contributed by atoms with Crippen molar-refractivity contribution in [3.05, 3.63) is 53.3 Å². The minimum absolute atomic E-state index is 0.329. The standard InChI is InChI=1S/C15H16N4/c1-11-9-18-7-5-13(11)10-19-14-2-3-15(17)12(8-14)4-6-16/h2-3,5,7-9,19H,4,10,17H2,1H3. The van der Waals surface area contributed by atoms with Crippen molar-refractivity contribution in [3.8, 4) is 6.07 Å². The normalized spacial score (nSPS) is 9.89. The highest BCUT2D eigenvalue weighted by Crippen LogP contribution is 2.19. The first-order valence-corrected chi connectivity index (χ1v) is 6.09. The lowest BCUT2D eigenvalue weighted by molar-refractivity contribution is 1.09. The van der Waals surface area contributed by atoms with Crippen molar-refractivity contribution in [1.82, 2.24) is 4.98 Å². The summed E-state index contributed by atoms with van der Waals surface area (Å²) in [6.07, 6.45) is 3.96. The molecule has 1 aromatic heterocycles. The summed E-state index contributed by atoms with van der Waals surface area (Å²) < 4.78 is 0. The van der Waals surface area contributed by atoms with E-state index < -0.39 is 0 Å². The summed E-state index contributed by atoms with van der Waals surface area (Å²) >= 11 is 0. The first-order chi connectivity index (χ1) is 9.20. The van der Waals surface area contributed by atoms with Gasteiger partial charge in [0, 0.05) is 30.3 Å². The van der Waals surface area contributed by atoms with Crippen LogP contribution in [0.4, 0.5) is 11.4 Å². The zero-order valence-electron chi connectivity index (χ0n) is 10.9. The first-order valence-electron chi connectivity index (χ1n) is 6.09. The minimum atomic E-state index is 0.329. The van der Waals surface area contributed by atoms with Crippen molar-refractivity contribution < 1.29 is 0 Å². The quantitative estimate of drug-likeness (QED) is 0.820. The van der Waals surface area contributed by atoms with Crippen molar-refractivity contribution in [2.24, 2.45) is 0 Å². The molecular weight excluding hydrogens is 236 g/mol. The van der Waals surface area contributed by atoms with E-state index in [0.29, 0.717) is 12.1 Å². The molecule has 4 heteroatoms. The number of aromatic nitrogens is 1. The molecule has 0 amide bonds. The lowest BCUT2D eigenvalue weighted by atomic mass is 10.1. The Morgan fingerprint density at radius 2 is 2.16 bits per heavy atom. The first kappa shape index (κ1) is 12.9. The number of nitrogens with one attached hydrogen (secondary N) is 1. The Balaban J connectivity index is 2.10. The Kier molecular flexibility index (Phi) is 3.99. The molecule has 0 aliphatic rings. The van der Waals surface area contributed by atoms with Crippen molar-refractivity contribution in [2.45, 2.75) is 19.9 Å². The average molecular weight is 252 g/mol. The highest BCUT2D eigenvalue weighted by atomic mass is 14.9. The molecule has 19 heavy (non-hydrogen) atoms. The number of nitrogen functional groups attached to an aromatic ring is 1. The number of rotatable bonds is 4. The summed E-state index contributed by atoms with van der Waals surface area (Å²) in [6, 6.07) is 9.79. The van der Waals surface area contributed by atoms with Gasteiger partial charge < -0.3 is 11.1 Å². The molecule has 0 spiro atoms. The van der Waals surface area contributed by atoms with Crippen LogP contribution >= 0.6 is 0 Å². The van der Waals surface area contributed by atoms with E-state index in [1.54, 1.807) is 6.20 Å². The van der Waals surface area contributed by atoms with Gasteiger partial charge in [-0.05, 0) is 47.9 Å². The van der Waals surface area contributed by atoms with E-state index in [2.05, 4.69) is 16.4 Å². The Morgan fingerprint density at radius 1 is 1.32 bits per heavy atom. The highest BCUT2D eigenvalue weighted by molar-refractivity contribution is 5.58. The van der Waals surface area contributed by atoms with E-state index in [1.165, 1.54) is 5.56 Å². The van der Waals surface area contributed by atoms with E-state index in [-0.39, 0.29) is 0 Å².